The molecule has 1 atom stereocenters. The maximum atomic E-state index is 14.5. The molecule has 0 aliphatic rings. The maximum absolute atomic E-state index is 14.5. The van der Waals surface area contributed by atoms with Crippen molar-refractivity contribution in [2.75, 3.05) is 17.4 Å². The Balaban J connectivity index is 1.82. The lowest BCUT2D eigenvalue weighted by atomic mass is 10.0. The molecule has 2 amide bonds. The van der Waals surface area contributed by atoms with Crippen molar-refractivity contribution < 1.29 is 18.0 Å². The second kappa shape index (κ2) is 15.4. The maximum Gasteiger partial charge on any atom is 0.264 e. The SMILES string of the molecule is Cc1c(Cl)cccc1N(CC(=O)N(Cc1ccc(Cl)cc1)C(Cc1ccccc1)C(=O)NCC(C)C)S(=O)(=O)c1ccccc1. The Morgan fingerprint density at radius 3 is 2.04 bits per heavy atom. The van der Waals surface area contributed by atoms with Crippen LogP contribution in [0.15, 0.2) is 108 Å². The van der Waals surface area contributed by atoms with Crippen molar-refractivity contribution in [3.8, 4) is 0 Å². The lowest BCUT2D eigenvalue weighted by molar-refractivity contribution is -0.140. The number of nitrogens with zero attached hydrogens (tertiary/aromatic N) is 2. The largest absolute Gasteiger partial charge is 0.354 e. The standard InChI is InChI=1S/C35H37Cl2N3O4S/c1-25(2)22-38-35(42)33(21-27-11-6-4-7-12-27)39(23-28-17-19-29(36)20-18-28)34(41)24-40(32-16-10-15-31(37)26(32)3)45(43,44)30-13-8-5-9-14-30/h4-20,25,33H,21-24H2,1-3H3,(H,38,42). The number of sulfonamides is 1. The van der Waals surface area contributed by atoms with E-state index >= 15 is 0 Å². The van der Waals surface area contributed by atoms with Gasteiger partial charge in [-0.15, -0.1) is 0 Å². The first-order valence-electron chi connectivity index (χ1n) is 14.7. The highest BCUT2D eigenvalue weighted by molar-refractivity contribution is 7.92. The van der Waals surface area contributed by atoms with Gasteiger partial charge in [-0.05, 0) is 65.9 Å². The first kappa shape index (κ1) is 34.0. The van der Waals surface area contributed by atoms with Gasteiger partial charge in [-0.2, -0.15) is 0 Å². The summed E-state index contributed by atoms with van der Waals surface area (Å²) in [5, 5.41) is 3.88. The second-order valence-electron chi connectivity index (χ2n) is 11.2. The van der Waals surface area contributed by atoms with Gasteiger partial charge >= 0.3 is 0 Å². The Bertz CT molecular complexity index is 1700. The first-order chi connectivity index (χ1) is 21.5. The lowest BCUT2D eigenvalue weighted by Crippen LogP contribution is -2.53. The predicted molar refractivity (Wildman–Crippen MR) is 181 cm³/mol. The molecule has 4 aromatic carbocycles. The molecule has 0 saturated carbocycles. The van der Waals surface area contributed by atoms with E-state index in [9.17, 15) is 18.0 Å². The van der Waals surface area contributed by atoms with E-state index in [4.69, 9.17) is 23.2 Å². The third-order valence-corrected chi connectivity index (χ3v) is 9.78. The van der Waals surface area contributed by atoms with Crippen molar-refractivity contribution in [1.29, 1.82) is 0 Å². The van der Waals surface area contributed by atoms with Crippen LogP contribution in [-0.4, -0.2) is 44.3 Å². The van der Waals surface area contributed by atoms with E-state index in [1.54, 1.807) is 67.6 Å². The molecule has 1 unspecified atom stereocenters. The fourth-order valence-corrected chi connectivity index (χ4v) is 6.65. The van der Waals surface area contributed by atoms with Gasteiger partial charge in [0.25, 0.3) is 10.0 Å². The van der Waals surface area contributed by atoms with Crippen LogP contribution in [0.2, 0.25) is 10.0 Å². The molecule has 4 rings (SSSR count). The highest BCUT2D eigenvalue weighted by atomic mass is 35.5. The summed E-state index contributed by atoms with van der Waals surface area (Å²) in [4.78, 5) is 29.8. The number of hydrogen-bond donors (Lipinski definition) is 1. The van der Waals surface area contributed by atoms with Crippen LogP contribution in [0.1, 0.15) is 30.5 Å². The number of hydrogen-bond acceptors (Lipinski definition) is 4. The molecule has 7 nitrogen and oxygen atoms in total. The zero-order valence-electron chi connectivity index (χ0n) is 25.5. The Labute approximate surface area is 275 Å². The topological polar surface area (TPSA) is 86.8 Å². The molecule has 10 heteroatoms. The van der Waals surface area contributed by atoms with Crippen LogP contribution in [0, 0.1) is 12.8 Å². The summed E-state index contributed by atoms with van der Waals surface area (Å²) >= 11 is 12.6. The molecular formula is C35H37Cl2N3O4S. The molecule has 0 saturated heterocycles. The van der Waals surface area contributed by atoms with Crippen molar-refractivity contribution in [3.63, 3.8) is 0 Å². The summed E-state index contributed by atoms with van der Waals surface area (Å²) in [6.45, 7) is 5.60. The molecule has 236 valence electrons. The van der Waals surface area contributed by atoms with Gasteiger partial charge in [0.05, 0.1) is 10.6 Å². The number of anilines is 1. The van der Waals surface area contributed by atoms with Crippen LogP contribution in [0.4, 0.5) is 5.69 Å². The van der Waals surface area contributed by atoms with Crippen molar-refractivity contribution in [3.05, 3.63) is 130 Å². The fourth-order valence-electron chi connectivity index (χ4n) is 4.86. The summed E-state index contributed by atoms with van der Waals surface area (Å²) in [6, 6.07) is 28.4. The minimum Gasteiger partial charge on any atom is -0.354 e. The summed E-state index contributed by atoms with van der Waals surface area (Å²) in [6.07, 6.45) is 0.228. The molecule has 0 aliphatic heterocycles. The number of halogens is 2. The summed E-state index contributed by atoms with van der Waals surface area (Å²) in [7, 11) is -4.22. The molecule has 0 fully saturated rings. The number of carbonyl (C=O) groups is 2. The van der Waals surface area contributed by atoms with E-state index in [1.165, 1.54) is 17.0 Å². The van der Waals surface area contributed by atoms with Gasteiger partial charge in [-0.3, -0.25) is 13.9 Å². The normalized spacial score (nSPS) is 12.0. The lowest BCUT2D eigenvalue weighted by Gasteiger charge is -2.34. The monoisotopic (exact) mass is 665 g/mol. The third-order valence-electron chi connectivity index (χ3n) is 7.34. The van der Waals surface area contributed by atoms with Gasteiger partial charge in [-0.25, -0.2) is 8.42 Å². The van der Waals surface area contributed by atoms with Crippen LogP contribution >= 0.6 is 23.2 Å². The Kier molecular flexibility index (Phi) is 11.7. The van der Waals surface area contributed by atoms with Crippen LogP contribution in [0.5, 0.6) is 0 Å². The molecule has 4 aromatic rings. The van der Waals surface area contributed by atoms with Crippen LogP contribution in [-0.2, 0) is 32.6 Å². The van der Waals surface area contributed by atoms with Crippen molar-refractivity contribution >= 4 is 50.7 Å². The average molecular weight is 667 g/mol. The highest BCUT2D eigenvalue weighted by Gasteiger charge is 2.35. The van der Waals surface area contributed by atoms with Crippen LogP contribution in [0.3, 0.4) is 0 Å². The van der Waals surface area contributed by atoms with Crippen molar-refractivity contribution in [1.82, 2.24) is 10.2 Å². The highest BCUT2D eigenvalue weighted by Crippen LogP contribution is 2.31. The Morgan fingerprint density at radius 2 is 1.42 bits per heavy atom. The molecule has 0 aliphatic carbocycles. The molecule has 45 heavy (non-hydrogen) atoms. The van der Waals surface area contributed by atoms with Crippen molar-refractivity contribution in [2.45, 2.75) is 44.7 Å². The predicted octanol–water partition coefficient (Wildman–Crippen LogP) is 6.91. The van der Waals surface area contributed by atoms with Gasteiger partial charge in [0, 0.05) is 29.6 Å². The van der Waals surface area contributed by atoms with E-state index in [1.807, 2.05) is 44.2 Å². The first-order valence-corrected chi connectivity index (χ1v) is 16.9. The van der Waals surface area contributed by atoms with Crippen molar-refractivity contribution in [2.24, 2.45) is 5.92 Å². The Hall–Kier alpha value is -3.85. The van der Waals surface area contributed by atoms with Gasteiger partial charge in [-0.1, -0.05) is 104 Å². The molecular weight excluding hydrogens is 629 g/mol. The van der Waals surface area contributed by atoms with E-state index in [0.717, 1.165) is 15.4 Å². The van der Waals surface area contributed by atoms with E-state index in [0.29, 0.717) is 22.2 Å². The van der Waals surface area contributed by atoms with Crippen LogP contribution in [0.25, 0.3) is 0 Å². The zero-order chi connectivity index (χ0) is 32.6. The molecule has 0 heterocycles. The third kappa shape index (κ3) is 8.87. The molecule has 1 N–H and O–H groups in total. The number of rotatable bonds is 13. The minimum absolute atomic E-state index is 0.0249. The smallest absolute Gasteiger partial charge is 0.264 e. The molecule has 0 radical (unpaired) electrons. The van der Waals surface area contributed by atoms with E-state index in [-0.39, 0.29) is 35.4 Å². The van der Waals surface area contributed by atoms with E-state index in [2.05, 4.69) is 5.32 Å². The zero-order valence-corrected chi connectivity index (χ0v) is 27.8. The summed E-state index contributed by atoms with van der Waals surface area (Å²) in [5.41, 5.74) is 2.37. The molecule has 0 spiro atoms. The van der Waals surface area contributed by atoms with Gasteiger partial charge in [0.2, 0.25) is 11.8 Å². The van der Waals surface area contributed by atoms with Gasteiger partial charge in [0.15, 0.2) is 0 Å². The number of nitrogens with one attached hydrogen (secondary N) is 1. The quantitative estimate of drug-likeness (QED) is 0.168. The number of carbonyl (C=O) groups excluding carboxylic acids is 2. The van der Waals surface area contributed by atoms with E-state index < -0.39 is 28.5 Å². The van der Waals surface area contributed by atoms with Crippen LogP contribution < -0.4 is 9.62 Å². The fraction of sp³-hybridized carbons (Fsp3) is 0.257. The summed E-state index contributed by atoms with van der Waals surface area (Å²) < 4.78 is 29.4. The Morgan fingerprint density at radius 1 is 0.800 bits per heavy atom. The molecule has 0 aromatic heterocycles. The van der Waals surface area contributed by atoms with Gasteiger partial charge < -0.3 is 10.2 Å². The number of benzene rings is 4. The second-order valence-corrected chi connectivity index (χ2v) is 13.9. The average Bonchev–Trinajstić information content (AvgIpc) is 3.03. The van der Waals surface area contributed by atoms with Gasteiger partial charge in [0.1, 0.15) is 12.6 Å². The number of amides is 2. The summed E-state index contributed by atoms with van der Waals surface area (Å²) in [5.74, 6) is -0.695. The molecule has 0 bridgehead atoms. The minimum atomic E-state index is -4.22.